The predicted octanol–water partition coefficient (Wildman–Crippen LogP) is 1.11. The molecule has 4 heteroatoms. The summed E-state index contributed by atoms with van der Waals surface area (Å²) in [6.07, 6.45) is 1.09. The molecule has 1 aliphatic rings. The van der Waals surface area contributed by atoms with E-state index in [0.717, 1.165) is 25.1 Å². The van der Waals surface area contributed by atoms with Crippen molar-refractivity contribution in [2.24, 2.45) is 11.7 Å². The van der Waals surface area contributed by atoms with Crippen molar-refractivity contribution in [2.45, 2.75) is 32.4 Å². The third kappa shape index (κ3) is 3.55. The molecule has 1 amide bonds. The minimum atomic E-state index is -0.588. The Kier molecular flexibility index (Phi) is 4.56. The molecule has 1 aliphatic heterocycles. The number of rotatable bonds is 3. The molecule has 1 fully saturated rings. The van der Waals surface area contributed by atoms with Gasteiger partial charge in [0.15, 0.2) is 0 Å². The van der Waals surface area contributed by atoms with Crippen LogP contribution in [0.1, 0.15) is 30.5 Å². The standard InChI is InChI=1S/C15H23N3O/c1-10-3-5-12(6-4-10)14(16)15(19)18-13-9-17-8-7-11(13)2/h3-6,11,13-14,17H,7-9,16H2,1-2H3,(H,18,19). The van der Waals surface area contributed by atoms with Crippen molar-refractivity contribution in [1.82, 2.24) is 10.6 Å². The van der Waals surface area contributed by atoms with Gasteiger partial charge in [-0.05, 0) is 31.4 Å². The second-order valence-corrected chi connectivity index (χ2v) is 5.47. The van der Waals surface area contributed by atoms with E-state index in [-0.39, 0.29) is 11.9 Å². The van der Waals surface area contributed by atoms with Crippen LogP contribution in [0.2, 0.25) is 0 Å². The zero-order valence-electron chi connectivity index (χ0n) is 11.6. The highest BCUT2D eigenvalue weighted by molar-refractivity contribution is 5.83. The quantitative estimate of drug-likeness (QED) is 0.763. The maximum Gasteiger partial charge on any atom is 0.241 e. The van der Waals surface area contributed by atoms with E-state index in [1.54, 1.807) is 0 Å². The van der Waals surface area contributed by atoms with E-state index in [4.69, 9.17) is 5.73 Å². The smallest absolute Gasteiger partial charge is 0.241 e. The molecule has 3 unspecified atom stereocenters. The summed E-state index contributed by atoms with van der Waals surface area (Å²) in [4.78, 5) is 12.2. The van der Waals surface area contributed by atoms with E-state index in [1.807, 2.05) is 31.2 Å². The molecular weight excluding hydrogens is 238 g/mol. The molecule has 104 valence electrons. The average Bonchev–Trinajstić information content (AvgIpc) is 2.41. The van der Waals surface area contributed by atoms with Gasteiger partial charge >= 0.3 is 0 Å². The van der Waals surface area contributed by atoms with Gasteiger partial charge in [0.1, 0.15) is 6.04 Å². The van der Waals surface area contributed by atoms with Gasteiger partial charge in [0.05, 0.1) is 0 Å². The van der Waals surface area contributed by atoms with Crippen LogP contribution in [0.3, 0.4) is 0 Å². The number of piperidine rings is 1. The highest BCUT2D eigenvalue weighted by Crippen LogP contribution is 2.15. The highest BCUT2D eigenvalue weighted by Gasteiger charge is 2.25. The highest BCUT2D eigenvalue weighted by atomic mass is 16.2. The van der Waals surface area contributed by atoms with Gasteiger partial charge in [0, 0.05) is 12.6 Å². The van der Waals surface area contributed by atoms with Crippen LogP contribution < -0.4 is 16.4 Å². The largest absolute Gasteiger partial charge is 0.350 e. The number of carbonyl (C=O) groups is 1. The fraction of sp³-hybridized carbons (Fsp3) is 0.533. The van der Waals surface area contributed by atoms with Crippen molar-refractivity contribution in [2.75, 3.05) is 13.1 Å². The van der Waals surface area contributed by atoms with Crippen molar-refractivity contribution in [1.29, 1.82) is 0 Å². The lowest BCUT2D eigenvalue weighted by Gasteiger charge is -2.31. The van der Waals surface area contributed by atoms with Crippen molar-refractivity contribution < 1.29 is 4.79 Å². The molecule has 0 aromatic heterocycles. The molecule has 1 aromatic rings. The molecule has 4 N–H and O–H groups in total. The second-order valence-electron chi connectivity index (χ2n) is 5.47. The Morgan fingerprint density at radius 1 is 1.42 bits per heavy atom. The number of nitrogens with two attached hydrogens (primary N) is 1. The monoisotopic (exact) mass is 261 g/mol. The molecule has 0 aliphatic carbocycles. The topological polar surface area (TPSA) is 67.2 Å². The van der Waals surface area contributed by atoms with Crippen molar-refractivity contribution in [3.05, 3.63) is 35.4 Å². The van der Waals surface area contributed by atoms with Crippen LogP contribution in [-0.4, -0.2) is 25.0 Å². The average molecular weight is 261 g/mol. The van der Waals surface area contributed by atoms with Gasteiger partial charge in [0.25, 0.3) is 0 Å². The Balaban J connectivity index is 1.97. The molecule has 2 rings (SSSR count). The summed E-state index contributed by atoms with van der Waals surface area (Å²) in [6, 6.07) is 7.39. The number of hydrogen-bond donors (Lipinski definition) is 3. The molecule has 0 bridgehead atoms. The molecule has 1 heterocycles. The van der Waals surface area contributed by atoms with Crippen molar-refractivity contribution >= 4 is 5.91 Å². The number of aryl methyl sites for hydroxylation is 1. The molecule has 1 aromatic carbocycles. The molecule has 1 saturated heterocycles. The van der Waals surface area contributed by atoms with Crippen LogP contribution in [0.15, 0.2) is 24.3 Å². The number of hydrogen-bond acceptors (Lipinski definition) is 3. The number of benzene rings is 1. The Morgan fingerprint density at radius 3 is 2.74 bits per heavy atom. The fourth-order valence-electron chi connectivity index (χ4n) is 2.38. The zero-order chi connectivity index (χ0) is 13.8. The van der Waals surface area contributed by atoms with Crippen LogP contribution >= 0.6 is 0 Å². The van der Waals surface area contributed by atoms with Crippen molar-refractivity contribution in [3.8, 4) is 0 Å². The minimum absolute atomic E-state index is 0.0931. The summed E-state index contributed by atoms with van der Waals surface area (Å²) >= 11 is 0. The summed E-state index contributed by atoms with van der Waals surface area (Å²) < 4.78 is 0. The lowest BCUT2D eigenvalue weighted by atomic mass is 9.94. The Labute approximate surface area is 114 Å². The second kappa shape index (κ2) is 6.17. The molecular formula is C15H23N3O. The summed E-state index contributed by atoms with van der Waals surface area (Å²) in [5, 5.41) is 6.36. The van der Waals surface area contributed by atoms with E-state index in [2.05, 4.69) is 17.6 Å². The molecule has 0 saturated carbocycles. The Bertz CT molecular complexity index is 430. The van der Waals surface area contributed by atoms with Gasteiger partial charge in [-0.3, -0.25) is 4.79 Å². The first-order valence-corrected chi connectivity index (χ1v) is 6.91. The number of amides is 1. The van der Waals surface area contributed by atoms with Crippen LogP contribution in [0.25, 0.3) is 0 Å². The summed E-state index contributed by atoms with van der Waals surface area (Å²) in [6.45, 7) is 6.04. The number of nitrogens with one attached hydrogen (secondary N) is 2. The first-order valence-electron chi connectivity index (χ1n) is 6.91. The third-order valence-electron chi connectivity index (χ3n) is 3.87. The van der Waals surface area contributed by atoms with Crippen LogP contribution in [0.5, 0.6) is 0 Å². The van der Waals surface area contributed by atoms with Gasteiger partial charge in [0.2, 0.25) is 5.91 Å². The van der Waals surface area contributed by atoms with Crippen LogP contribution in [0.4, 0.5) is 0 Å². The molecule has 19 heavy (non-hydrogen) atoms. The van der Waals surface area contributed by atoms with E-state index >= 15 is 0 Å². The van der Waals surface area contributed by atoms with E-state index in [1.165, 1.54) is 5.56 Å². The van der Waals surface area contributed by atoms with Gasteiger partial charge in [-0.1, -0.05) is 36.8 Å². The minimum Gasteiger partial charge on any atom is -0.350 e. The maximum absolute atomic E-state index is 12.2. The lowest BCUT2D eigenvalue weighted by molar-refractivity contribution is -0.123. The SMILES string of the molecule is Cc1ccc(C(N)C(=O)NC2CNCCC2C)cc1. The van der Waals surface area contributed by atoms with Gasteiger partial charge in [-0.15, -0.1) is 0 Å². The third-order valence-corrected chi connectivity index (χ3v) is 3.87. The first kappa shape index (κ1) is 14.0. The van der Waals surface area contributed by atoms with Gasteiger partial charge < -0.3 is 16.4 Å². The summed E-state index contributed by atoms with van der Waals surface area (Å²) in [7, 11) is 0. The zero-order valence-corrected chi connectivity index (χ0v) is 11.6. The summed E-state index contributed by atoms with van der Waals surface area (Å²) in [5.41, 5.74) is 8.05. The Hall–Kier alpha value is -1.39. The van der Waals surface area contributed by atoms with E-state index in [9.17, 15) is 4.79 Å². The van der Waals surface area contributed by atoms with Crippen LogP contribution in [0, 0.1) is 12.8 Å². The molecule has 0 spiro atoms. The van der Waals surface area contributed by atoms with Gasteiger partial charge in [-0.2, -0.15) is 0 Å². The number of carbonyl (C=O) groups excluding carboxylic acids is 1. The fourth-order valence-corrected chi connectivity index (χ4v) is 2.38. The molecule has 3 atom stereocenters. The first-order chi connectivity index (χ1) is 9.08. The predicted molar refractivity (Wildman–Crippen MR) is 76.7 cm³/mol. The van der Waals surface area contributed by atoms with Crippen LogP contribution in [-0.2, 0) is 4.79 Å². The lowest BCUT2D eigenvalue weighted by Crippen LogP contribution is -2.52. The van der Waals surface area contributed by atoms with Crippen molar-refractivity contribution in [3.63, 3.8) is 0 Å². The normalized spacial score (nSPS) is 24.8. The van der Waals surface area contributed by atoms with E-state index in [0.29, 0.717) is 5.92 Å². The molecule has 4 nitrogen and oxygen atoms in total. The Morgan fingerprint density at radius 2 is 2.11 bits per heavy atom. The van der Waals surface area contributed by atoms with E-state index < -0.39 is 6.04 Å². The maximum atomic E-state index is 12.2. The molecule has 0 radical (unpaired) electrons. The summed E-state index contributed by atoms with van der Waals surface area (Å²) in [5.74, 6) is 0.403. The van der Waals surface area contributed by atoms with Gasteiger partial charge in [-0.25, -0.2) is 0 Å².